The SMILES string of the molecule is COc1cccc(C2NC(CO)(C(=O)O)C3C(=O)N(c4cccc([N+](=O)[O-])c4)C(=O)C23)c1OCc1ccccc1. The van der Waals surface area contributed by atoms with E-state index < -0.39 is 52.7 Å². The van der Waals surface area contributed by atoms with E-state index in [4.69, 9.17) is 9.47 Å². The van der Waals surface area contributed by atoms with Crippen molar-refractivity contribution in [1.29, 1.82) is 0 Å². The molecule has 2 saturated heterocycles. The predicted molar refractivity (Wildman–Crippen MR) is 140 cm³/mol. The van der Waals surface area contributed by atoms with Crippen LogP contribution in [-0.4, -0.2) is 52.2 Å². The smallest absolute Gasteiger partial charge is 0.327 e. The number of ether oxygens (including phenoxy) is 2. The van der Waals surface area contributed by atoms with E-state index in [9.17, 15) is 34.7 Å². The topological polar surface area (TPSA) is 169 Å². The Morgan fingerprint density at radius 2 is 1.80 bits per heavy atom. The first kappa shape index (κ1) is 26.8. The number of non-ortho nitro benzene ring substituents is 1. The molecule has 2 aliphatic rings. The summed E-state index contributed by atoms with van der Waals surface area (Å²) in [5.74, 6) is -5.42. The Morgan fingerprint density at radius 1 is 1.07 bits per heavy atom. The zero-order valence-corrected chi connectivity index (χ0v) is 21.2. The van der Waals surface area contributed by atoms with Crippen LogP contribution in [0.2, 0.25) is 0 Å². The number of methoxy groups -OCH3 is 1. The minimum atomic E-state index is -2.21. The van der Waals surface area contributed by atoms with E-state index in [0.29, 0.717) is 11.3 Å². The summed E-state index contributed by atoms with van der Waals surface area (Å²) >= 11 is 0. The Hall–Kier alpha value is -4.81. The number of fused-ring (bicyclic) bond motifs is 1. The number of carboxylic acids is 1. The minimum absolute atomic E-state index is 0.0687. The lowest BCUT2D eigenvalue weighted by atomic mass is 9.79. The molecule has 3 aromatic carbocycles. The molecule has 0 aromatic heterocycles. The number of carbonyl (C=O) groups is 3. The third-order valence-electron chi connectivity index (χ3n) is 7.37. The Balaban J connectivity index is 1.61. The number of aliphatic carboxylic acids is 1. The fourth-order valence-corrected chi connectivity index (χ4v) is 5.50. The number of rotatable bonds is 9. The number of hydrogen-bond donors (Lipinski definition) is 3. The Morgan fingerprint density at radius 3 is 2.45 bits per heavy atom. The van der Waals surface area contributed by atoms with Crippen LogP contribution >= 0.6 is 0 Å². The maximum Gasteiger partial charge on any atom is 0.327 e. The molecule has 0 bridgehead atoms. The summed E-state index contributed by atoms with van der Waals surface area (Å²) in [4.78, 5) is 51.6. The lowest BCUT2D eigenvalue weighted by Crippen LogP contribution is -2.58. The molecule has 0 spiro atoms. The van der Waals surface area contributed by atoms with Gasteiger partial charge in [-0.1, -0.05) is 48.5 Å². The summed E-state index contributed by atoms with van der Waals surface area (Å²) in [5.41, 5.74) is -1.43. The number of aliphatic hydroxyl groups excluding tert-OH is 1. The van der Waals surface area contributed by atoms with Crippen molar-refractivity contribution >= 4 is 29.2 Å². The van der Waals surface area contributed by atoms with Crippen LogP contribution in [0.15, 0.2) is 72.8 Å². The van der Waals surface area contributed by atoms with E-state index in [1.54, 1.807) is 18.2 Å². The van der Waals surface area contributed by atoms with Gasteiger partial charge in [0.1, 0.15) is 6.61 Å². The lowest BCUT2D eigenvalue weighted by Gasteiger charge is -2.29. The molecule has 4 unspecified atom stereocenters. The van der Waals surface area contributed by atoms with Gasteiger partial charge in [-0.15, -0.1) is 0 Å². The average Bonchev–Trinajstić information content (AvgIpc) is 3.45. The van der Waals surface area contributed by atoms with Crippen LogP contribution in [0.5, 0.6) is 11.5 Å². The molecule has 206 valence electrons. The first-order valence-corrected chi connectivity index (χ1v) is 12.3. The molecule has 0 aliphatic carbocycles. The second kappa shape index (κ2) is 10.4. The number of nitrogens with one attached hydrogen (secondary N) is 1. The van der Waals surface area contributed by atoms with Crippen LogP contribution in [0, 0.1) is 22.0 Å². The molecule has 40 heavy (non-hydrogen) atoms. The molecular formula is C28H25N3O9. The molecule has 4 atom stereocenters. The number of carboxylic acid groups (broad SMARTS) is 1. The van der Waals surface area contributed by atoms with E-state index >= 15 is 0 Å². The van der Waals surface area contributed by atoms with Crippen LogP contribution < -0.4 is 19.7 Å². The molecule has 2 heterocycles. The Kier molecular flexibility index (Phi) is 6.96. The number of hydrogen-bond acceptors (Lipinski definition) is 9. The summed E-state index contributed by atoms with van der Waals surface area (Å²) in [6.07, 6.45) is 0. The third-order valence-corrected chi connectivity index (χ3v) is 7.37. The van der Waals surface area contributed by atoms with Crippen molar-refractivity contribution in [3.8, 4) is 11.5 Å². The number of aliphatic hydroxyl groups is 1. The summed E-state index contributed by atoms with van der Waals surface area (Å²) < 4.78 is 11.6. The molecule has 0 saturated carbocycles. The van der Waals surface area contributed by atoms with Crippen molar-refractivity contribution in [3.63, 3.8) is 0 Å². The van der Waals surface area contributed by atoms with E-state index in [0.717, 1.165) is 16.5 Å². The van der Waals surface area contributed by atoms with Gasteiger partial charge in [-0.3, -0.25) is 29.8 Å². The number of benzene rings is 3. The van der Waals surface area contributed by atoms with Gasteiger partial charge >= 0.3 is 5.97 Å². The molecule has 2 fully saturated rings. The maximum atomic E-state index is 13.9. The van der Waals surface area contributed by atoms with E-state index in [-0.39, 0.29) is 23.7 Å². The van der Waals surface area contributed by atoms with Crippen molar-refractivity contribution in [3.05, 3.63) is 94.0 Å². The monoisotopic (exact) mass is 547 g/mol. The van der Waals surface area contributed by atoms with Gasteiger partial charge in [0.05, 0.1) is 36.2 Å². The zero-order chi connectivity index (χ0) is 28.6. The number of carbonyl (C=O) groups excluding carboxylic acids is 2. The van der Waals surface area contributed by atoms with Crippen molar-refractivity contribution in [2.45, 2.75) is 18.2 Å². The molecule has 2 aliphatic heterocycles. The molecule has 3 aromatic rings. The number of nitro groups is 1. The summed E-state index contributed by atoms with van der Waals surface area (Å²) in [6.45, 7) is -0.863. The summed E-state index contributed by atoms with van der Waals surface area (Å²) in [5, 5.41) is 34.8. The Bertz CT molecular complexity index is 1500. The highest BCUT2D eigenvalue weighted by atomic mass is 16.6. The number of imide groups is 1. The normalized spacial score (nSPS) is 23.6. The first-order valence-electron chi connectivity index (χ1n) is 12.3. The fourth-order valence-electron chi connectivity index (χ4n) is 5.50. The molecule has 12 heteroatoms. The minimum Gasteiger partial charge on any atom is -0.493 e. The van der Waals surface area contributed by atoms with Crippen LogP contribution in [0.25, 0.3) is 0 Å². The number of anilines is 1. The maximum absolute atomic E-state index is 13.9. The van der Waals surface area contributed by atoms with Gasteiger partial charge < -0.3 is 19.7 Å². The van der Waals surface area contributed by atoms with Gasteiger partial charge in [-0.2, -0.15) is 0 Å². The average molecular weight is 548 g/mol. The lowest BCUT2D eigenvalue weighted by molar-refractivity contribution is -0.384. The van der Waals surface area contributed by atoms with Crippen molar-refractivity contribution in [2.75, 3.05) is 18.6 Å². The molecule has 0 radical (unpaired) electrons. The van der Waals surface area contributed by atoms with Crippen molar-refractivity contribution in [1.82, 2.24) is 5.32 Å². The fraction of sp³-hybridized carbons (Fsp3) is 0.250. The highest BCUT2D eigenvalue weighted by Crippen LogP contribution is 2.52. The largest absolute Gasteiger partial charge is 0.493 e. The molecule has 12 nitrogen and oxygen atoms in total. The highest BCUT2D eigenvalue weighted by molar-refractivity contribution is 6.24. The van der Waals surface area contributed by atoms with Gasteiger partial charge in [0, 0.05) is 23.7 Å². The number of amides is 2. The highest BCUT2D eigenvalue weighted by Gasteiger charge is 2.69. The van der Waals surface area contributed by atoms with Gasteiger partial charge in [0.25, 0.3) is 5.69 Å². The summed E-state index contributed by atoms with van der Waals surface area (Å²) in [6, 6.07) is 18.0. The number of para-hydroxylation sites is 1. The van der Waals surface area contributed by atoms with Crippen LogP contribution in [0.3, 0.4) is 0 Å². The molecule has 2 amide bonds. The van der Waals surface area contributed by atoms with Gasteiger partial charge in [-0.25, -0.2) is 4.90 Å². The zero-order valence-electron chi connectivity index (χ0n) is 21.2. The number of nitrogens with zero attached hydrogens (tertiary/aromatic N) is 2. The molecule has 3 N–H and O–H groups in total. The van der Waals surface area contributed by atoms with Crippen LogP contribution in [0.1, 0.15) is 17.2 Å². The molecular weight excluding hydrogens is 522 g/mol. The summed E-state index contributed by atoms with van der Waals surface area (Å²) in [7, 11) is 1.43. The van der Waals surface area contributed by atoms with Crippen LogP contribution in [-0.2, 0) is 21.0 Å². The van der Waals surface area contributed by atoms with Gasteiger partial charge in [0.15, 0.2) is 17.0 Å². The second-order valence-electron chi connectivity index (χ2n) is 9.50. The number of nitro benzene ring substituents is 1. The standard InChI is InChI=1S/C28H25N3O9/c1-39-20-12-6-11-19(24(20)40-14-16-7-3-2-4-8-16)23-21-22(28(15-32,29-23)27(35)36)26(34)30(25(21)33)17-9-5-10-18(13-17)31(37)38/h2-13,21-23,29,32H,14-15H2,1H3,(H,35,36). The first-order chi connectivity index (χ1) is 19.2. The van der Waals surface area contributed by atoms with Gasteiger partial charge in [0.2, 0.25) is 11.8 Å². The van der Waals surface area contributed by atoms with Crippen molar-refractivity contribution < 1.29 is 39.0 Å². The van der Waals surface area contributed by atoms with Crippen LogP contribution in [0.4, 0.5) is 11.4 Å². The van der Waals surface area contributed by atoms with E-state index in [2.05, 4.69) is 5.32 Å². The Labute approximate surface area is 227 Å². The molecule has 5 rings (SSSR count). The quantitative estimate of drug-likeness (QED) is 0.206. The van der Waals surface area contributed by atoms with Gasteiger partial charge in [-0.05, 0) is 17.7 Å². The van der Waals surface area contributed by atoms with E-state index in [1.165, 1.54) is 25.3 Å². The van der Waals surface area contributed by atoms with E-state index in [1.807, 2.05) is 30.3 Å². The van der Waals surface area contributed by atoms with Crippen molar-refractivity contribution in [2.24, 2.45) is 11.8 Å². The second-order valence-corrected chi connectivity index (χ2v) is 9.50. The predicted octanol–water partition coefficient (Wildman–Crippen LogP) is 2.45. The third kappa shape index (κ3) is 4.23.